The molecule has 4 atom stereocenters. The van der Waals surface area contributed by atoms with Crippen LogP contribution in [0, 0.1) is 0 Å². The van der Waals surface area contributed by atoms with E-state index in [0.29, 0.717) is 13.2 Å². The molecule has 0 aliphatic heterocycles. The first-order valence-corrected chi connectivity index (χ1v) is 11.2. The monoisotopic (exact) mass is 394 g/mol. The van der Waals surface area contributed by atoms with Crippen LogP contribution < -0.4 is 0 Å². The number of aliphatic hydroxyl groups excluding tert-OH is 2. The second-order valence-electron chi connectivity index (χ2n) is 7.96. The minimum absolute atomic E-state index is 0.00384. The minimum Gasteiger partial charge on any atom is -0.394 e. The van der Waals surface area contributed by atoms with Gasteiger partial charge >= 0.3 is 0 Å². The van der Waals surface area contributed by atoms with E-state index in [2.05, 4.69) is 19.1 Å². The molecule has 0 saturated heterocycles. The van der Waals surface area contributed by atoms with Gasteiger partial charge in [-0.2, -0.15) is 0 Å². The zero-order valence-corrected chi connectivity index (χ0v) is 18.2. The van der Waals surface area contributed by atoms with Crippen molar-refractivity contribution in [2.75, 3.05) is 19.8 Å². The molecule has 4 unspecified atom stereocenters. The van der Waals surface area contributed by atoms with E-state index in [0.717, 1.165) is 12.8 Å². The highest BCUT2D eigenvalue weighted by Gasteiger charge is 2.22. The molecule has 0 bridgehead atoms. The van der Waals surface area contributed by atoms with Crippen LogP contribution in [0.15, 0.2) is 30.3 Å². The highest BCUT2D eigenvalue weighted by atomic mass is 16.5. The first-order valence-electron chi connectivity index (χ1n) is 11.2. The molecular weight excluding hydrogens is 352 g/mol. The van der Waals surface area contributed by atoms with Gasteiger partial charge in [0.15, 0.2) is 0 Å². The highest BCUT2D eigenvalue weighted by molar-refractivity contribution is 5.20. The van der Waals surface area contributed by atoms with Crippen LogP contribution in [0.1, 0.15) is 83.6 Å². The van der Waals surface area contributed by atoms with Crippen molar-refractivity contribution in [1.29, 1.82) is 0 Å². The molecule has 28 heavy (non-hydrogen) atoms. The third-order valence-corrected chi connectivity index (χ3v) is 5.23. The van der Waals surface area contributed by atoms with Crippen LogP contribution in [0.25, 0.3) is 0 Å². The Morgan fingerprint density at radius 2 is 1.43 bits per heavy atom. The molecule has 0 saturated carbocycles. The molecule has 1 aromatic carbocycles. The summed E-state index contributed by atoms with van der Waals surface area (Å²) in [5.74, 6) is 0.0984. The molecule has 0 spiro atoms. The Morgan fingerprint density at radius 3 is 2.07 bits per heavy atom. The molecule has 0 heterocycles. The minimum atomic E-state index is -0.528. The van der Waals surface area contributed by atoms with Crippen LogP contribution >= 0.6 is 0 Å². The Balaban J connectivity index is 2.43. The summed E-state index contributed by atoms with van der Waals surface area (Å²) in [5, 5.41) is 19.8. The maximum atomic E-state index is 10.8. The van der Waals surface area contributed by atoms with E-state index in [-0.39, 0.29) is 24.7 Å². The standard InChI is InChI=1S/C24H42O4/c1-4-5-6-7-8-9-13-16-23(22-14-11-10-12-15-22)24(26)19-28-21(3)18-27-20(2)17-25/h10-12,14-15,20-21,23-26H,4-9,13,16-19H2,1-3H3. The summed E-state index contributed by atoms with van der Waals surface area (Å²) in [5.41, 5.74) is 1.18. The molecule has 1 rings (SSSR count). The van der Waals surface area contributed by atoms with E-state index >= 15 is 0 Å². The van der Waals surface area contributed by atoms with Gasteiger partial charge in [-0.15, -0.1) is 0 Å². The van der Waals surface area contributed by atoms with Gasteiger partial charge in [-0.3, -0.25) is 0 Å². The van der Waals surface area contributed by atoms with Gasteiger partial charge in [0.25, 0.3) is 0 Å². The van der Waals surface area contributed by atoms with Crippen molar-refractivity contribution in [3.05, 3.63) is 35.9 Å². The Morgan fingerprint density at radius 1 is 0.821 bits per heavy atom. The zero-order chi connectivity index (χ0) is 20.6. The van der Waals surface area contributed by atoms with Crippen LogP contribution in [0.5, 0.6) is 0 Å². The lowest BCUT2D eigenvalue weighted by molar-refractivity contribution is -0.0687. The Hall–Kier alpha value is -0.940. The van der Waals surface area contributed by atoms with Crippen molar-refractivity contribution in [1.82, 2.24) is 0 Å². The molecule has 1 aromatic rings. The van der Waals surface area contributed by atoms with Crippen molar-refractivity contribution >= 4 is 0 Å². The van der Waals surface area contributed by atoms with E-state index in [4.69, 9.17) is 14.6 Å². The predicted octanol–water partition coefficient (Wildman–Crippen LogP) is 5.07. The van der Waals surface area contributed by atoms with Gasteiger partial charge in [-0.05, 0) is 25.8 Å². The maximum Gasteiger partial charge on any atom is 0.0842 e. The molecule has 0 amide bonds. The van der Waals surface area contributed by atoms with Crippen molar-refractivity contribution in [3.63, 3.8) is 0 Å². The second-order valence-corrected chi connectivity index (χ2v) is 7.96. The molecule has 0 aliphatic rings. The van der Waals surface area contributed by atoms with Gasteiger partial charge in [-0.25, -0.2) is 0 Å². The van der Waals surface area contributed by atoms with E-state index in [9.17, 15) is 5.11 Å². The molecule has 0 aromatic heterocycles. The molecular formula is C24H42O4. The topological polar surface area (TPSA) is 58.9 Å². The van der Waals surface area contributed by atoms with Crippen molar-refractivity contribution < 1.29 is 19.7 Å². The fourth-order valence-electron chi connectivity index (χ4n) is 3.38. The van der Waals surface area contributed by atoms with Gasteiger partial charge in [0.2, 0.25) is 0 Å². The quantitative estimate of drug-likeness (QED) is 0.362. The average molecular weight is 395 g/mol. The van der Waals surface area contributed by atoms with Crippen LogP contribution in [-0.2, 0) is 9.47 Å². The average Bonchev–Trinajstić information content (AvgIpc) is 2.72. The normalized spacial score (nSPS) is 15.9. The van der Waals surface area contributed by atoms with Crippen molar-refractivity contribution in [2.45, 2.75) is 96.4 Å². The lowest BCUT2D eigenvalue weighted by Crippen LogP contribution is -2.29. The number of benzene rings is 1. The predicted molar refractivity (Wildman–Crippen MR) is 116 cm³/mol. The summed E-state index contributed by atoms with van der Waals surface area (Å²) in [4.78, 5) is 0. The molecule has 2 N–H and O–H groups in total. The van der Waals surface area contributed by atoms with Crippen LogP contribution in [-0.4, -0.2) is 48.3 Å². The van der Waals surface area contributed by atoms with E-state index in [1.54, 1.807) is 0 Å². The van der Waals surface area contributed by atoms with Gasteiger partial charge in [0.05, 0.1) is 38.1 Å². The number of ether oxygens (including phenoxy) is 2. The maximum absolute atomic E-state index is 10.8. The lowest BCUT2D eigenvalue weighted by Gasteiger charge is -2.25. The summed E-state index contributed by atoms with van der Waals surface area (Å²) in [6.45, 7) is 6.73. The summed E-state index contributed by atoms with van der Waals surface area (Å²) in [6, 6.07) is 10.3. The molecule has 0 fully saturated rings. The number of hydrogen-bond acceptors (Lipinski definition) is 4. The van der Waals surface area contributed by atoms with Crippen LogP contribution in [0.3, 0.4) is 0 Å². The largest absolute Gasteiger partial charge is 0.394 e. The van der Waals surface area contributed by atoms with E-state index in [1.165, 1.54) is 44.1 Å². The first kappa shape index (κ1) is 25.1. The van der Waals surface area contributed by atoms with Crippen molar-refractivity contribution in [2.24, 2.45) is 0 Å². The SMILES string of the molecule is CCCCCCCCCC(c1ccccc1)C(O)COC(C)COC(C)CO. The second kappa shape index (κ2) is 15.9. The van der Waals surface area contributed by atoms with Gasteiger partial charge in [0, 0.05) is 5.92 Å². The number of rotatable bonds is 17. The number of aliphatic hydroxyl groups is 2. The van der Waals surface area contributed by atoms with E-state index in [1.807, 2.05) is 32.0 Å². The van der Waals surface area contributed by atoms with Crippen LogP contribution in [0.2, 0.25) is 0 Å². The fraction of sp³-hybridized carbons (Fsp3) is 0.750. The van der Waals surface area contributed by atoms with Crippen molar-refractivity contribution in [3.8, 4) is 0 Å². The molecule has 4 nitrogen and oxygen atoms in total. The van der Waals surface area contributed by atoms with Crippen LogP contribution in [0.4, 0.5) is 0 Å². The smallest absolute Gasteiger partial charge is 0.0842 e. The third-order valence-electron chi connectivity index (χ3n) is 5.23. The first-order chi connectivity index (χ1) is 13.6. The summed E-state index contributed by atoms with van der Waals surface area (Å²) >= 11 is 0. The molecule has 4 heteroatoms. The molecule has 162 valence electrons. The molecule has 0 aliphatic carbocycles. The fourth-order valence-corrected chi connectivity index (χ4v) is 3.38. The number of unbranched alkanes of at least 4 members (excludes halogenated alkanes) is 6. The summed E-state index contributed by atoms with van der Waals surface area (Å²) < 4.78 is 11.3. The lowest BCUT2D eigenvalue weighted by atomic mass is 9.88. The van der Waals surface area contributed by atoms with Gasteiger partial charge < -0.3 is 19.7 Å². The third kappa shape index (κ3) is 11.2. The Bertz CT molecular complexity index is 465. The Kier molecular flexibility index (Phi) is 14.3. The Labute approximate surface area is 172 Å². The highest BCUT2D eigenvalue weighted by Crippen LogP contribution is 2.27. The van der Waals surface area contributed by atoms with Gasteiger partial charge in [-0.1, -0.05) is 82.2 Å². The zero-order valence-electron chi connectivity index (χ0n) is 18.2. The van der Waals surface area contributed by atoms with Gasteiger partial charge in [0.1, 0.15) is 0 Å². The molecule has 0 radical (unpaired) electrons. The summed E-state index contributed by atoms with van der Waals surface area (Å²) in [6.07, 6.45) is 9.07. The van der Waals surface area contributed by atoms with E-state index < -0.39 is 6.10 Å². The number of hydrogen-bond donors (Lipinski definition) is 2. The summed E-state index contributed by atoms with van der Waals surface area (Å²) in [7, 11) is 0.